The number of nitrogens with zero attached hydrogens (tertiary/aromatic N) is 4. The molecule has 0 saturated heterocycles. The maximum atomic E-state index is 10.7. The number of aromatic nitrogens is 4. The number of carboxylic acid groups (broad SMARTS) is 1. The van der Waals surface area contributed by atoms with Crippen LogP contribution in [0.5, 0.6) is 0 Å². The first kappa shape index (κ1) is 19.4. The molecule has 27 heavy (non-hydrogen) atoms. The summed E-state index contributed by atoms with van der Waals surface area (Å²) in [6.45, 7) is 0. The van der Waals surface area contributed by atoms with Gasteiger partial charge in [-0.3, -0.25) is 4.79 Å². The van der Waals surface area contributed by atoms with Gasteiger partial charge in [-0.25, -0.2) is 15.0 Å². The molecular formula is C16H24N6O5. The maximum absolute atomic E-state index is 10.7. The lowest BCUT2D eigenvalue weighted by molar-refractivity contribution is -0.138. The molecule has 0 radical (unpaired) electrons. The number of aliphatic hydroxyl groups excluding tert-OH is 3. The van der Waals surface area contributed by atoms with Gasteiger partial charge in [-0.15, -0.1) is 0 Å². The van der Waals surface area contributed by atoms with Crippen molar-refractivity contribution in [1.82, 2.24) is 19.5 Å². The van der Waals surface area contributed by atoms with E-state index < -0.39 is 36.4 Å². The molecule has 11 nitrogen and oxygen atoms in total. The highest BCUT2D eigenvalue weighted by Crippen LogP contribution is 2.39. The Morgan fingerprint density at radius 2 is 2.00 bits per heavy atom. The molecule has 1 fully saturated rings. The zero-order chi connectivity index (χ0) is 19.7. The molecule has 0 aromatic carbocycles. The van der Waals surface area contributed by atoms with Crippen LogP contribution in [-0.4, -0.2) is 70.3 Å². The highest BCUT2D eigenvalue weighted by Gasteiger charge is 2.43. The number of carboxylic acids is 1. The number of anilines is 1. The fraction of sp³-hybridized carbons (Fsp3) is 0.625. The zero-order valence-corrected chi connectivity index (χ0v) is 14.6. The summed E-state index contributed by atoms with van der Waals surface area (Å²) in [5.41, 5.74) is 12.1. The van der Waals surface area contributed by atoms with Crippen LogP contribution >= 0.6 is 0 Å². The van der Waals surface area contributed by atoms with Gasteiger partial charge in [-0.1, -0.05) is 0 Å². The quantitative estimate of drug-likeness (QED) is 0.334. The Morgan fingerprint density at radius 1 is 1.26 bits per heavy atom. The standard InChI is InChI=1S/C16H24N6O5/c17-9(16(26)27)2-1-8(23)3-7-4-10(13(25)12(7)24)22-6-21-11-14(18)19-5-20-15(11)22/h5-10,12-13,23-25H,1-4,17H2,(H,26,27)(H2,18,19,20)/t7-,8-,9-,10+,12+,13-/m0/s1. The van der Waals surface area contributed by atoms with Gasteiger partial charge in [-0.2, -0.15) is 0 Å². The van der Waals surface area contributed by atoms with E-state index in [4.69, 9.17) is 16.6 Å². The average molecular weight is 380 g/mol. The smallest absolute Gasteiger partial charge is 0.320 e. The molecule has 3 rings (SSSR count). The predicted molar refractivity (Wildman–Crippen MR) is 94.4 cm³/mol. The first-order chi connectivity index (χ1) is 12.8. The summed E-state index contributed by atoms with van der Waals surface area (Å²) in [5.74, 6) is -1.25. The Balaban J connectivity index is 1.68. The Bertz CT molecular complexity index is 814. The van der Waals surface area contributed by atoms with Crippen molar-refractivity contribution >= 4 is 23.0 Å². The summed E-state index contributed by atoms with van der Waals surface area (Å²) in [4.78, 5) is 23.0. The summed E-state index contributed by atoms with van der Waals surface area (Å²) < 4.78 is 1.66. The number of carbonyl (C=O) groups is 1. The van der Waals surface area contributed by atoms with Gasteiger partial charge in [0.15, 0.2) is 11.5 Å². The molecule has 2 heterocycles. The minimum atomic E-state index is -1.12. The highest BCUT2D eigenvalue weighted by atomic mass is 16.4. The number of hydrogen-bond acceptors (Lipinski definition) is 9. The summed E-state index contributed by atoms with van der Waals surface area (Å²) in [6.07, 6.45) is 0.861. The molecule has 2 aromatic heterocycles. The Hall–Kier alpha value is -2.34. The zero-order valence-electron chi connectivity index (χ0n) is 14.6. The van der Waals surface area contributed by atoms with Crippen LogP contribution in [0, 0.1) is 5.92 Å². The fourth-order valence-electron chi connectivity index (χ4n) is 3.68. The molecule has 0 aliphatic heterocycles. The van der Waals surface area contributed by atoms with Crippen molar-refractivity contribution in [1.29, 1.82) is 0 Å². The van der Waals surface area contributed by atoms with Gasteiger partial charge < -0.3 is 36.5 Å². The number of imidazole rings is 1. The Kier molecular flexibility index (Phi) is 5.56. The lowest BCUT2D eigenvalue weighted by atomic mass is 9.94. The lowest BCUT2D eigenvalue weighted by Crippen LogP contribution is -2.32. The molecule has 1 aliphatic carbocycles. The first-order valence-corrected chi connectivity index (χ1v) is 8.75. The van der Waals surface area contributed by atoms with Crippen LogP contribution in [0.3, 0.4) is 0 Å². The lowest BCUT2D eigenvalue weighted by Gasteiger charge is -2.20. The van der Waals surface area contributed by atoms with E-state index >= 15 is 0 Å². The molecule has 8 N–H and O–H groups in total. The van der Waals surface area contributed by atoms with Crippen LogP contribution < -0.4 is 11.5 Å². The largest absolute Gasteiger partial charge is 0.480 e. The van der Waals surface area contributed by atoms with Crippen molar-refractivity contribution in [3.8, 4) is 0 Å². The molecule has 0 bridgehead atoms. The van der Waals surface area contributed by atoms with Crippen molar-refractivity contribution in [2.24, 2.45) is 11.7 Å². The highest BCUT2D eigenvalue weighted by molar-refractivity contribution is 5.81. The summed E-state index contributed by atoms with van der Waals surface area (Å²) >= 11 is 0. The second-order valence-corrected chi connectivity index (χ2v) is 7.04. The number of aliphatic hydroxyl groups is 3. The van der Waals surface area contributed by atoms with Crippen molar-refractivity contribution < 1.29 is 25.2 Å². The third kappa shape index (κ3) is 3.86. The molecule has 148 valence electrons. The van der Waals surface area contributed by atoms with E-state index in [1.54, 1.807) is 4.57 Å². The van der Waals surface area contributed by atoms with Crippen molar-refractivity contribution in [2.45, 2.75) is 56.1 Å². The second-order valence-electron chi connectivity index (χ2n) is 7.04. The van der Waals surface area contributed by atoms with E-state index in [0.717, 1.165) is 0 Å². The molecule has 0 unspecified atom stereocenters. The molecule has 2 aromatic rings. The summed E-state index contributed by atoms with van der Waals surface area (Å²) in [5, 5.41) is 39.8. The normalized spacial score (nSPS) is 27.7. The molecule has 1 saturated carbocycles. The van der Waals surface area contributed by atoms with Crippen LogP contribution in [0.25, 0.3) is 11.2 Å². The molecule has 1 aliphatic rings. The van der Waals surface area contributed by atoms with E-state index in [-0.39, 0.29) is 31.0 Å². The van der Waals surface area contributed by atoms with Crippen molar-refractivity contribution in [3.63, 3.8) is 0 Å². The van der Waals surface area contributed by atoms with E-state index in [1.807, 2.05) is 0 Å². The fourth-order valence-corrected chi connectivity index (χ4v) is 3.68. The van der Waals surface area contributed by atoms with E-state index in [1.165, 1.54) is 12.7 Å². The molecule has 6 atom stereocenters. The molecule has 11 heteroatoms. The summed E-state index contributed by atoms with van der Waals surface area (Å²) in [6, 6.07) is -1.51. The Morgan fingerprint density at radius 3 is 2.70 bits per heavy atom. The number of aliphatic carboxylic acids is 1. The minimum Gasteiger partial charge on any atom is -0.480 e. The van der Waals surface area contributed by atoms with E-state index in [2.05, 4.69) is 15.0 Å². The van der Waals surface area contributed by atoms with Gasteiger partial charge in [-0.05, 0) is 31.6 Å². The summed E-state index contributed by atoms with van der Waals surface area (Å²) in [7, 11) is 0. The molecule has 0 spiro atoms. The number of fused-ring (bicyclic) bond motifs is 1. The third-order valence-electron chi connectivity index (χ3n) is 5.22. The third-order valence-corrected chi connectivity index (χ3v) is 5.22. The SMILES string of the molecule is Nc1ncnc2c1ncn2[C@@H]1C[C@H](C[C@@H](O)CC[C@H](N)C(=O)O)[C@@H](O)[C@H]1O. The van der Waals surface area contributed by atoms with Gasteiger partial charge in [0.1, 0.15) is 24.0 Å². The topological polar surface area (TPSA) is 194 Å². The number of rotatable bonds is 7. The van der Waals surface area contributed by atoms with E-state index in [0.29, 0.717) is 17.6 Å². The van der Waals surface area contributed by atoms with Crippen LogP contribution in [0.4, 0.5) is 5.82 Å². The molecular weight excluding hydrogens is 356 g/mol. The van der Waals surface area contributed by atoms with Crippen LogP contribution in [0.2, 0.25) is 0 Å². The maximum Gasteiger partial charge on any atom is 0.320 e. The van der Waals surface area contributed by atoms with Gasteiger partial charge in [0.2, 0.25) is 0 Å². The predicted octanol–water partition coefficient (Wildman–Crippen LogP) is -1.37. The monoisotopic (exact) mass is 380 g/mol. The number of nitrogen functional groups attached to an aromatic ring is 1. The van der Waals surface area contributed by atoms with Crippen LogP contribution in [0.15, 0.2) is 12.7 Å². The van der Waals surface area contributed by atoms with Crippen LogP contribution in [-0.2, 0) is 4.79 Å². The Labute approximate surface area is 154 Å². The van der Waals surface area contributed by atoms with Gasteiger partial charge >= 0.3 is 5.97 Å². The van der Waals surface area contributed by atoms with Crippen molar-refractivity contribution in [3.05, 3.63) is 12.7 Å². The van der Waals surface area contributed by atoms with Gasteiger partial charge in [0.05, 0.1) is 24.6 Å². The number of nitrogens with two attached hydrogens (primary N) is 2. The molecule has 0 amide bonds. The van der Waals surface area contributed by atoms with Gasteiger partial charge in [0, 0.05) is 0 Å². The van der Waals surface area contributed by atoms with Crippen LogP contribution in [0.1, 0.15) is 31.7 Å². The van der Waals surface area contributed by atoms with Crippen molar-refractivity contribution in [2.75, 3.05) is 5.73 Å². The average Bonchev–Trinajstić information content (AvgIpc) is 3.17. The van der Waals surface area contributed by atoms with E-state index in [9.17, 15) is 20.1 Å². The second kappa shape index (κ2) is 7.72. The first-order valence-electron chi connectivity index (χ1n) is 8.75. The van der Waals surface area contributed by atoms with Gasteiger partial charge in [0.25, 0.3) is 0 Å². The minimum absolute atomic E-state index is 0.133. The number of hydrogen-bond donors (Lipinski definition) is 6.